The second kappa shape index (κ2) is 6.00. The zero-order chi connectivity index (χ0) is 16.4. The number of nitro benzene ring substituents is 1. The Morgan fingerprint density at radius 2 is 2.18 bits per heavy atom. The zero-order valence-electron chi connectivity index (χ0n) is 12.1. The van der Waals surface area contributed by atoms with E-state index in [1.807, 2.05) is 0 Å². The van der Waals surface area contributed by atoms with Crippen molar-refractivity contribution in [3.8, 4) is 0 Å². The van der Waals surface area contributed by atoms with Gasteiger partial charge in [-0.2, -0.15) is 0 Å². The van der Waals surface area contributed by atoms with Crippen LogP contribution in [0.5, 0.6) is 0 Å². The Morgan fingerprint density at radius 3 is 2.73 bits per heavy atom. The molecule has 22 heavy (non-hydrogen) atoms. The SMILES string of the molecule is CC(C)[C@@H]1OC(=O)N(Cc2cccc([N+](=O)[O-])c2)[C@H]1C(=O)O. The van der Waals surface area contributed by atoms with Crippen LogP contribution in [0.25, 0.3) is 0 Å². The first kappa shape index (κ1) is 15.7. The van der Waals surface area contributed by atoms with E-state index in [4.69, 9.17) is 4.74 Å². The van der Waals surface area contributed by atoms with Gasteiger partial charge in [0.15, 0.2) is 6.04 Å². The minimum atomic E-state index is -1.16. The van der Waals surface area contributed by atoms with E-state index in [1.54, 1.807) is 19.9 Å². The van der Waals surface area contributed by atoms with Crippen LogP contribution in [-0.2, 0) is 16.1 Å². The van der Waals surface area contributed by atoms with Crippen molar-refractivity contribution in [2.24, 2.45) is 5.92 Å². The lowest BCUT2D eigenvalue weighted by molar-refractivity contribution is -0.384. The Labute approximate surface area is 126 Å². The molecule has 118 valence electrons. The van der Waals surface area contributed by atoms with Crippen molar-refractivity contribution >= 4 is 17.7 Å². The quantitative estimate of drug-likeness (QED) is 0.658. The highest BCUT2D eigenvalue weighted by atomic mass is 16.6. The largest absolute Gasteiger partial charge is 0.480 e. The molecule has 8 nitrogen and oxygen atoms in total. The number of hydrogen-bond acceptors (Lipinski definition) is 5. The van der Waals surface area contributed by atoms with Crippen molar-refractivity contribution in [3.05, 3.63) is 39.9 Å². The first-order valence-electron chi connectivity index (χ1n) is 6.74. The first-order valence-corrected chi connectivity index (χ1v) is 6.74. The van der Waals surface area contributed by atoms with Gasteiger partial charge in [-0.15, -0.1) is 0 Å². The highest BCUT2D eigenvalue weighted by Crippen LogP contribution is 2.27. The third-order valence-corrected chi connectivity index (χ3v) is 3.50. The number of carboxylic acids is 1. The number of rotatable bonds is 5. The van der Waals surface area contributed by atoms with Gasteiger partial charge in [-0.25, -0.2) is 9.59 Å². The van der Waals surface area contributed by atoms with Gasteiger partial charge in [0.1, 0.15) is 6.10 Å². The second-order valence-electron chi connectivity index (χ2n) is 5.43. The average molecular weight is 308 g/mol. The van der Waals surface area contributed by atoms with Gasteiger partial charge < -0.3 is 9.84 Å². The molecule has 1 aromatic carbocycles. The molecule has 1 heterocycles. The molecule has 2 rings (SSSR count). The monoisotopic (exact) mass is 308 g/mol. The summed E-state index contributed by atoms with van der Waals surface area (Å²) in [5.41, 5.74) is 0.360. The van der Waals surface area contributed by atoms with Gasteiger partial charge >= 0.3 is 12.1 Å². The van der Waals surface area contributed by atoms with Gasteiger partial charge in [0.25, 0.3) is 5.69 Å². The number of carbonyl (C=O) groups excluding carboxylic acids is 1. The number of amides is 1. The van der Waals surface area contributed by atoms with Gasteiger partial charge in [-0.05, 0) is 11.5 Å². The third-order valence-electron chi connectivity index (χ3n) is 3.50. The normalized spacial score (nSPS) is 21.0. The lowest BCUT2D eigenvalue weighted by Gasteiger charge is -2.22. The van der Waals surface area contributed by atoms with E-state index in [9.17, 15) is 24.8 Å². The van der Waals surface area contributed by atoms with Crippen LogP contribution in [0.4, 0.5) is 10.5 Å². The number of hydrogen-bond donors (Lipinski definition) is 1. The van der Waals surface area contributed by atoms with Crippen LogP contribution in [0, 0.1) is 16.0 Å². The molecule has 0 unspecified atom stereocenters. The average Bonchev–Trinajstić information content (AvgIpc) is 2.77. The van der Waals surface area contributed by atoms with Crippen LogP contribution in [-0.4, -0.2) is 39.1 Å². The molecule has 2 atom stereocenters. The van der Waals surface area contributed by atoms with E-state index >= 15 is 0 Å². The summed E-state index contributed by atoms with van der Waals surface area (Å²) in [5.74, 6) is -1.31. The molecule has 1 saturated heterocycles. The number of ether oxygens (including phenoxy) is 1. The predicted octanol–water partition coefficient (Wildman–Crippen LogP) is 2.02. The summed E-state index contributed by atoms with van der Waals surface area (Å²) in [6, 6.07) is 4.63. The number of cyclic esters (lactones) is 1. The maximum atomic E-state index is 11.9. The number of carbonyl (C=O) groups is 2. The van der Waals surface area contributed by atoms with Crippen LogP contribution in [0.1, 0.15) is 19.4 Å². The molecule has 1 aromatic rings. The molecule has 0 radical (unpaired) electrons. The summed E-state index contributed by atoms with van der Waals surface area (Å²) < 4.78 is 5.13. The fourth-order valence-electron chi connectivity index (χ4n) is 2.44. The Hall–Kier alpha value is -2.64. The van der Waals surface area contributed by atoms with Crippen LogP contribution >= 0.6 is 0 Å². The number of nitrogens with zero attached hydrogens (tertiary/aromatic N) is 2. The fraction of sp³-hybridized carbons (Fsp3) is 0.429. The van der Waals surface area contributed by atoms with Crippen molar-refractivity contribution < 1.29 is 24.4 Å². The van der Waals surface area contributed by atoms with Crippen molar-refractivity contribution in [2.45, 2.75) is 32.5 Å². The molecule has 0 spiro atoms. The molecule has 0 aliphatic carbocycles. The van der Waals surface area contributed by atoms with Gasteiger partial charge in [-0.3, -0.25) is 15.0 Å². The molecule has 1 N–H and O–H groups in total. The first-order chi connectivity index (χ1) is 10.3. The molecule has 0 aromatic heterocycles. The summed E-state index contributed by atoms with van der Waals surface area (Å²) >= 11 is 0. The number of nitro groups is 1. The standard InChI is InChI=1S/C14H16N2O6/c1-8(2)12-11(13(17)18)15(14(19)22-12)7-9-4-3-5-10(6-9)16(20)21/h3-6,8,11-12H,7H2,1-2H3,(H,17,18)/t11-,12+/m1/s1. The van der Waals surface area contributed by atoms with Gasteiger partial charge in [0.05, 0.1) is 11.5 Å². The number of aliphatic carboxylic acids is 1. The van der Waals surface area contributed by atoms with E-state index in [0.717, 1.165) is 4.90 Å². The number of non-ortho nitro benzene ring substituents is 1. The maximum Gasteiger partial charge on any atom is 0.411 e. The molecule has 1 fully saturated rings. The molecule has 1 aliphatic rings. The van der Waals surface area contributed by atoms with Crippen LogP contribution in [0.15, 0.2) is 24.3 Å². The van der Waals surface area contributed by atoms with E-state index in [0.29, 0.717) is 5.56 Å². The highest BCUT2D eigenvalue weighted by Gasteiger charge is 2.47. The molecule has 0 saturated carbocycles. The highest BCUT2D eigenvalue weighted by molar-refractivity contribution is 5.84. The Balaban J connectivity index is 2.27. The molecular formula is C14H16N2O6. The minimum Gasteiger partial charge on any atom is -0.480 e. The fourth-order valence-corrected chi connectivity index (χ4v) is 2.44. The van der Waals surface area contributed by atoms with Gasteiger partial charge in [-0.1, -0.05) is 26.0 Å². The summed E-state index contributed by atoms with van der Waals surface area (Å²) in [5, 5.41) is 20.1. The molecule has 1 amide bonds. The molecule has 0 bridgehead atoms. The lowest BCUT2D eigenvalue weighted by Crippen LogP contribution is -2.44. The van der Waals surface area contributed by atoms with Gasteiger partial charge in [0.2, 0.25) is 0 Å². The van der Waals surface area contributed by atoms with Crippen LogP contribution in [0.3, 0.4) is 0 Å². The summed E-state index contributed by atoms with van der Waals surface area (Å²) in [7, 11) is 0. The Kier molecular flexibility index (Phi) is 4.30. The number of benzene rings is 1. The summed E-state index contributed by atoms with van der Waals surface area (Å²) in [6.07, 6.45) is -1.47. The topological polar surface area (TPSA) is 110 Å². The molecule has 8 heteroatoms. The second-order valence-corrected chi connectivity index (χ2v) is 5.43. The van der Waals surface area contributed by atoms with Crippen molar-refractivity contribution in [1.82, 2.24) is 4.90 Å². The van der Waals surface area contributed by atoms with E-state index in [1.165, 1.54) is 18.2 Å². The van der Waals surface area contributed by atoms with Crippen molar-refractivity contribution in [3.63, 3.8) is 0 Å². The predicted molar refractivity (Wildman–Crippen MR) is 75.2 cm³/mol. The zero-order valence-corrected chi connectivity index (χ0v) is 12.1. The van der Waals surface area contributed by atoms with Crippen LogP contribution < -0.4 is 0 Å². The Bertz CT molecular complexity index is 615. The minimum absolute atomic E-state index is 0.0549. The van der Waals surface area contributed by atoms with Crippen LogP contribution in [0.2, 0.25) is 0 Å². The van der Waals surface area contributed by atoms with Gasteiger partial charge in [0, 0.05) is 12.1 Å². The third kappa shape index (κ3) is 3.00. The molecular weight excluding hydrogens is 292 g/mol. The van der Waals surface area contributed by atoms with Crippen molar-refractivity contribution in [2.75, 3.05) is 0 Å². The van der Waals surface area contributed by atoms with E-state index in [2.05, 4.69) is 0 Å². The smallest absolute Gasteiger partial charge is 0.411 e. The maximum absolute atomic E-state index is 11.9. The Morgan fingerprint density at radius 1 is 1.50 bits per heavy atom. The van der Waals surface area contributed by atoms with E-state index in [-0.39, 0.29) is 18.2 Å². The summed E-state index contributed by atoms with van der Waals surface area (Å²) in [6.45, 7) is 3.48. The molecule has 1 aliphatic heterocycles. The van der Waals surface area contributed by atoms with Crippen molar-refractivity contribution in [1.29, 1.82) is 0 Å². The van der Waals surface area contributed by atoms with E-state index < -0.39 is 29.1 Å². The summed E-state index contributed by atoms with van der Waals surface area (Å²) in [4.78, 5) is 34.7. The lowest BCUT2D eigenvalue weighted by atomic mass is 9.99. The number of carboxylic acid groups (broad SMARTS) is 1.